The van der Waals surface area contributed by atoms with Crippen molar-refractivity contribution in [3.63, 3.8) is 0 Å². The van der Waals surface area contributed by atoms with Crippen molar-refractivity contribution in [2.24, 2.45) is 4.99 Å². The molecule has 0 fully saturated rings. The predicted octanol–water partition coefficient (Wildman–Crippen LogP) is 2.55. The lowest BCUT2D eigenvalue weighted by Crippen LogP contribution is -2.38. The van der Waals surface area contributed by atoms with E-state index < -0.39 is 0 Å². The highest BCUT2D eigenvalue weighted by atomic mass is 32.1. The molecule has 0 aliphatic rings. The van der Waals surface area contributed by atoms with E-state index in [1.807, 2.05) is 24.4 Å². The molecule has 0 amide bonds. The fourth-order valence-electron chi connectivity index (χ4n) is 1.88. The number of rotatable bonds is 8. The minimum absolute atomic E-state index is 0.683. The van der Waals surface area contributed by atoms with Gasteiger partial charge >= 0.3 is 0 Å². The molecule has 118 valence electrons. The van der Waals surface area contributed by atoms with Crippen molar-refractivity contribution in [3.05, 3.63) is 52.9 Å². The summed E-state index contributed by atoms with van der Waals surface area (Å²) in [5, 5.41) is 7.64. The zero-order valence-electron chi connectivity index (χ0n) is 12.8. The summed E-state index contributed by atoms with van der Waals surface area (Å²) < 4.78 is 5.31. The summed E-state index contributed by atoms with van der Waals surface area (Å²) in [5.74, 6) is 1.76. The van der Waals surface area contributed by atoms with Crippen LogP contribution in [0.15, 0.2) is 46.7 Å². The lowest BCUT2D eigenvalue weighted by molar-refractivity contribution is 0.507. The van der Waals surface area contributed by atoms with E-state index >= 15 is 0 Å². The number of nitrogens with zero attached hydrogens (tertiary/aromatic N) is 2. The van der Waals surface area contributed by atoms with E-state index in [2.05, 4.69) is 34.1 Å². The van der Waals surface area contributed by atoms with E-state index in [9.17, 15) is 0 Å². The van der Waals surface area contributed by atoms with Crippen LogP contribution >= 0.6 is 11.3 Å². The second kappa shape index (κ2) is 9.04. The number of hydrogen-bond donors (Lipinski definition) is 2. The molecule has 2 rings (SSSR count). The zero-order valence-corrected chi connectivity index (χ0v) is 13.7. The average Bonchev–Trinajstić information content (AvgIpc) is 3.16. The zero-order chi connectivity index (χ0) is 15.6. The molecule has 22 heavy (non-hydrogen) atoms. The first-order chi connectivity index (χ1) is 10.8. The second-order valence-electron chi connectivity index (χ2n) is 4.77. The summed E-state index contributed by atoms with van der Waals surface area (Å²) in [5.41, 5.74) is 0. The smallest absolute Gasteiger partial charge is 0.191 e. The van der Waals surface area contributed by atoms with Gasteiger partial charge in [0.2, 0.25) is 0 Å². The molecule has 6 heteroatoms. The Balaban J connectivity index is 1.78. The number of hydrogen-bond acceptors (Lipinski definition) is 4. The molecule has 0 aromatic carbocycles. The number of aromatic nitrogens is 1. The molecular weight excluding hydrogens is 296 g/mol. The predicted molar refractivity (Wildman–Crippen MR) is 91.5 cm³/mol. The topological polar surface area (TPSA) is 62.5 Å². The van der Waals surface area contributed by atoms with Crippen LogP contribution in [-0.2, 0) is 12.8 Å². The van der Waals surface area contributed by atoms with Gasteiger partial charge in [0.1, 0.15) is 5.76 Å². The van der Waals surface area contributed by atoms with Crippen LogP contribution in [0.2, 0.25) is 0 Å². The Morgan fingerprint density at radius 3 is 3.05 bits per heavy atom. The molecule has 0 aliphatic carbocycles. The van der Waals surface area contributed by atoms with Crippen LogP contribution in [0.5, 0.6) is 0 Å². The first kappa shape index (κ1) is 16.3. The van der Waals surface area contributed by atoms with Gasteiger partial charge in [0, 0.05) is 43.5 Å². The summed E-state index contributed by atoms with van der Waals surface area (Å²) in [6, 6.07) is 3.87. The quantitative estimate of drug-likeness (QED) is 0.446. The summed E-state index contributed by atoms with van der Waals surface area (Å²) >= 11 is 1.72. The van der Waals surface area contributed by atoms with E-state index in [4.69, 9.17) is 4.42 Å². The third-order valence-corrected chi connectivity index (χ3v) is 3.90. The summed E-state index contributed by atoms with van der Waals surface area (Å²) in [6.45, 7) is 7.95. The average molecular weight is 318 g/mol. The third kappa shape index (κ3) is 5.73. The van der Waals surface area contributed by atoms with Crippen LogP contribution in [-0.4, -0.2) is 30.6 Å². The Morgan fingerprint density at radius 1 is 1.45 bits per heavy atom. The minimum Gasteiger partial charge on any atom is -0.469 e. The Hall–Kier alpha value is -2.08. The Bertz CT molecular complexity index is 589. The van der Waals surface area contributed by atoms with Crippen LogP contribution in [0, 0.1) is 6.92 Å². The van der Waals surface area contributed by atoms with Gasteiger partial charge in [-0.1, -0.05) is 6.08 Å². The van der Waals surface area contributed by atoms with Crippen molar-refractivity contribution in [1.29, 1.82) is 0 Å². The monoisotopic (exact) mass is 318 g/mol. The summed E-state index contributed by atoms with van der Waals surface area (Å²) in [6.07, 6.45) is 7.09. The summed E-state index contributed by atoms with van der Waals surface area (Å²) in [4.78, 5) is 10.2. The van der Waals surface area contributed by atoms with Gasteiger partial charge in [-0.25, -0.2) is 4.98 Å². The lowest BCUT2D eigenvalue weighted by atomic mass is 10.3. The van der Waals surface area contributed by atoms with Gasteiger partial charge in [-0.3, -0.25) is 4.99 Å². The van der Waals surface area contributed by atoms with Crippen molar-refractivity contribution in [2.45, 2.75) is 19.8 Å². The number of aryl methyl sites for hydroxylation is 1. The number of thiazole rings is 1. The molecule has 5 nitrogen and oxygen atoms in total. The van der Waals surface area contributed by atoms with E-state index in [1.54, 1.807) is 17.6 Å². The van der Waals surface area contributed by atoms with Crippen LogP contribution in [0.4, 0.5) is 0 Å². The molecule has 2 aromatic heterocycles. The van der Waals surface area contributed by atoms with Crippen molar-refractivity contribution in [2.75, 3.05) is 19.6 Å². The van der Waals surface area contributed by atoms with Crippen LogP contribution in [0.3, 0.4) is 0 Å². The van der Waals surface area contributed by atoms with Crippen LogP contribution < -0.4 is 10.6 Å². The Morgan fingerprint density at radius 2 is 2.36 bits per heavy atom. The third-order valence-electron chi connectivity index (χ3n) is 2.92. The van der Waals surface area contributed by atoms with Crippen LogP contribution in [0.25, 0.3) is 0 Å². The maximum absolute atomic E-state index is 5.31. The van der Waals surface area contributed by atoms with Gasteiger partial charge in [0.25, 0.3) is 0 Å². The Labute approximate surface area is 135 Å². The highest BCUT2D eigenvalue weighted by molar-refractivity contribution is 7.11. The number of guanidine groups is 1. The van der Waals surface area contributed by atoms with E-state index in [1.165, 1.54) is 4.88 Å². The molecule has 0 spiro atoms. The number of furan rings is 1. The molecule has 0 aliphatic heterocycles. The molecule has 2 aromatic rings. The molecule has 0 saturated heterocycles. The van der Waals surface area contributed by atoms with Crippen LogP contribution in [0.1, 0.15) is 15.6 Å². The maximum atomic E-state index is 5.31. The fraction of sp³-hybridized carbons (Fsp3) is 0.375. The molecule has 0 atom stereocenters. The Kier molecular flexibility index (Phi) is 6.70. The van der Waals surface area contributed by atoms with E-state index in [-0.39, 0.29) is 0 Å². The molecule has 0 bridgehead atoms. The first-order valence-electron chi connectivity index (χ1n) is 7.34. The number of aliphatic imine (C=N–C) groups is 1. The standard InChI is InChI=1S/C16H22N4OS/c1-3-8-17-16(18-9-6-14-5-4-11-21-14)19-10-7-15-20-12-13(2)22-15/h3-5,11-12H,1,6-10H2,2H3,(H2,17,18,19). The normalized spacial score (nSPS) is 11.4. The molecule has 0 radical (unpaired) electrons. The fourth-order valence-corrected chi connectivity index (χ4v) is 2.66. The first-order valence-corrected chi connectivity index (χ1v) is 8.16. The summed E-state index contributed by atoms with van der Waals surface area (Å²) in [7, 11) is 0. The van der Waals surface area contributed by atoms with Crippen molar-refractivity contribution >= 4 is 17.3 Å². The maximum Gasteiger partial charge on any atom is 0.191 e. The van der Waals surface area contributed by atoms with Crippen molar-refractivity contribution in [3.8, 4) is 0 Å². The highest BCUT2D eigenvalue weighted by Crippen LogP contribution is 2.11. The van der Waals surface area contributed by atoms with E-state index in [0.29, 0.717) is 13.1 Å². The van der Waals surface area contributed by atoms with Crippen molar-refractivity contribution in [1.82, 2.24) is 15.6 Å². The van der Waals surface area contributed by atoms with Gasteiger partial charge in [-0.15, -0.1) is 17.9 Å². The van der Waals surface area contributed by atoms with Gasteiger partial charge in [-0.05, 0) is 19.1 Å². The van der Waals surface area contributed by atoms with Gasteiger partial charge in [0.05, 0.1) is 11.3 Å². The minimum atomic E-state index is 0.683. The largest absolute Gasteiger partial charge is 0.469 e. The molecule has 2 N–H and O–H groups in total. The lowest BCUT2D eigenvalue weighted by Gasteiger charge is -2.10. The molecule has 2 heterocycles. The van der Waals surface area contributed by atoms with E-state index in [0.717, 1.165) is 36.1 Å². The van der Waals surface area contributed by atoms with Gasteiger partial charge in [0.15, 0.2) is 5.96 Å². The number of nitrogens with one attached hydrogen (secondary N) is 2. The molecule has 0 saturated carbocycles. The second-order valence-corrected chi connectivity index (χ2v) is 6.09. The molecular formula is C16H22N4OS. The van der Waals surface area contributed by atoms with Gasteiger partial charge < -0.3 is 15.1 Å². The van der Waals surface area contributed by atoms with Crippen molar-refractivity contribution < 1.29 is 4.42 Å². The SMILES string of the molecule is C=CCNC(=NCCc1ncc(C)s1)NCCc1ccco1. The molecule has 0 unspecified atom stereocenters. The highest BCUT2D eigenvalue weighted by Gasteiger charge is 2.01. The van der Waals surface area contributed by atoms with Gasteiger partial charge in [-0.2, -0.15) is 0 Å².